The van der Waals surface area contributed by atoms with Crippen LogP contribution in [0.1, 0.15) is 44.5 Å². The van der Waals surface area contributed by atoms with Gasteiger partial charge in [0.05, 0.1) is 16.7 Å². The first-order valence-corrected chi connectivity index (χ1v) is 24.4. The number of benzene rings is 4. The van der Waals surface area contributed by atoms with E-state index in [4.69, 9.17) is 17.2 Å². The van der Waals surface area contributed by atoms with E-state index in [1.165, 1.54) is 34.3 Å². The summed E-state index contributed by atoms with van der Waals surface area (Å²) in [4.78, 5) is 4.24. The van der Waals surface area contributed by atoms with Crippen molar-refractivity contribution in [1.29, 1.82) is 0 Å². The summed E-state index contributed by atoms with van der Waals surface area (Å²) in [5.41, 5.74) is 30.6. The van der Waals surface area contributed by atoms with Crippen molar-refractivity contribution in [1.82, 2.24) is 9.55 Å². The molecule has 0 aliphatic rings. The molecule has 0 saturated carbocycles. The maximum absolute atomic E-state index is 6.17. The molecule has 0 unspecified atom stereocenters. The van der Waals surface area contributed by atoms with Crippen LogP contribution in [0.2, 0.25) is 0 Å². The van der Waals surface area contributed by atoms with Crippen molar-refractivity contribution in [2.24, 2.45) is 17.2 Å². The number of nitrogens with two attached hydrogens (primary N) is 3. The number of hydrogen-bond donors (Lipinski definition) is 4. The molecule has 4 aromatic carbocycles. The van der Waals surface area contributed by atoms with Crippen molar-refractivity contribution < 1.29 is 0 Å². The monoisotopic (exact) mass is 961 g/mol. The molecule has 7 N–H and O–H groups in total. The first-order valence-electron chi connectivity index (χ1n) is 24.4. The third-order valence-corrected chi connectivity index (χ3v) is 10.9. The Morgan fingerprint density at radius 1 is 0.644 bits per heavy atom. The zero-order valence-corrected chi connectivity index (χ0v) is 43.0. The molecule has 0 aliphatic carbocycles. The highest BCUT2D eigenvalue weighted by atomic mass is 15.0. The third kappa shape index (κ3) is 18.6. The van der Waals surface area contributed by atoms with Gasteiger partial charge in [0, 0.05) is 46.2 Å². The maximum Gasteiger partial charge on any atom is 0.0702 e. The van der Waals surface area contributed by atoms with E-state index in [-0.39, 0.29) is 0 Å². The summed E-state index contributed by atoms with van der Waals surface area (Å²) >= 11 is 0. The van der Waals surface area contributed by atoms with E-state index in [1.807, 2.05) is 148 Å². The highest BCUT2D eigenvalue weighted by Gasteiger charge is 2.13. The van der Waals surface area contributed by atoms with Crippen molar-refractivity contribution in [3.05, 3.63) is 320 Å². The minimum Gasteiger partial charge on any atom is -0.405 e. The molecule has 2 aromatic heterocycles. The molecule has 0 spiro atoms. The lowest BCUT2D eigenvalue weighted by Crippen LogP contribution is -1.99. The molecule has 0 saturated heterocycles. The van der Waals surface area contributed by atoms with Gasteiger partial charge in [-0.25, -0.2) is 0 Å². The number of rotatable bonds is 20. The Morgan fingerprint density at radius 3 is 2.03 bits per heavy atom. The summed E-state index contributed by atoms with van der Waals surface area (Å²) < 4.78 is 2.35. The van der Waals surface area contributed by atoms with Gasteiger partial charge in [0.15, 0.2) is 0 Å². The van der Waals surface area contributed by atoms with E-state index < -0.39 is 0 Å². The van der Waals surface area contributed by atoms with Crippen LogP contribution in [0.25, 0.3) is 38.6 Å². The summed E-state index contributed by atoms with van der Waals surface area (Å²) in [6, 6.07) is 40.1. The Hall–Kier alpha value is -9.13. The fourth-order valence-electron chi connectivity index (χ4n) is 7.29. The number of aromatic nitrogens is 2. The third-order valence-electron chi connectivity index (χ3n) is 10.9. The molecule has 0 atom stereocenters. The van der Waals surface area contributed by atoms with Gasteiger partial charge in [0.2, 0.25) is 0 Å². The Kier molecular flexibility index (Phi) is 25.2. The normalized spacial score (nSPS) is 13.1. The average Bonchev–Trinajstić information content (AvgIpc) is 3.75. The second kappa shape index (κ2) is 32.6. The maximum atomic E-state index is 6.17. The molecule has 6 heteroatoms. The number of para-hydroxylation sites is 2. The molecule has 73 heavy (non-hydrogen) atoms. The molecule has 6 nitrogen and oxygen atoms in total. The van der Waals surface area contributed by atoms with Crippen molar-refractivity contribution in [3.63, 3.8) is 0 Å². The second-order valence-corrected chi connectivity index (χ2v) is 16.3. The van der Waals surface area contributed by atoms with Crippen LogP contribution in [0.5, 0.6) is 0 Å². The number of hydrogen-bond acceptors (Lipinski definition) is 5. The van der Waals surface area contributed by atoms with Gasteiger partial charge >= 0.3 is 0 Å². The zero-order valence-electron chi connectivity index (χ0n) is 43.0. The summed E-state index contributed by atoms with van der Waals surface area (Å²) in [5.74, 6) is 0. The van der Waals surface area contributed by atoms with Crippen molar-refractivity contribution in [3.8, 4) is 5.69 Å². The fourth-order valence-corrected chi connectivity index (χ4v) is 7.29. The summed E-state index contributed by atoms with van der Waals surface area (Å²) in [6.45, 7) is 20.4. The molecule has 0 aliphatic heterocycles. The van der Waals surface area contributed by atoms with Gasteiger partial charge in [-0.15, -0.1) is 6.58 Å². The summed E-state index contributed by atoms with van der Waals surface area (Å²) in [6.07, 6.45) is 47.0. The van der Waals surface area contributed by atoms with Gasteiger partial charge < -0.3 is 27.1 Å². The molecule has 6 aromatic rings. The van der Waals surface area contributed by atoms with Gasteiger partial charge in [-0.2, -0.15) is 0 Å². The van der Waals surface area contributed by atoms with Crippen LogP contribution in [0.3, 0.4) is 0 Å². The molecule has 370 valence electrons. The van der Waals surface area contributed by atoms with E-state index in [0.717, 1.165) is 69.0 Å². The number of nitrogens with zero attached hydrogens (tertiary/aromatic N) is 2. The molecular weight excluding hydrogens is 889 g/mol. The predicted octanol–water partition coefficient (Wildman–Crippen LogP) is 16.3. The topological polar surface area (TPSA) is 108 Å². The first-order chi connectivity index (χ1) is 35.7. The molecule has 0 radical (unpaired) electrons. The lowest BCUT2D eigenvalue weighted by Gasteiger charge is -2.10. The first kappa shape index (κ1) is 56.5. The minimum absolute atomic E-state index is 0.655. The Bertz CT molecular complexity index is 3120. The van der Waals surface area contributed by atoms with Crippen molar-refractivity contribution in [2.45, 2.75) is 34.1 Å². The van der Waals surface area contributed by atoms with Gasteiger partial charge in [-0.1, -0.05) is 183 Å². The van der Waals surface area contributed by atoms with Crippen LogP contribution in [-0.4, -0.2) is 16.1 Å². The number of fused-ring (bicyclic) bond motifs is 3. The molecular formula is C67H72N6. The second-order valence-electron chi connectivity index (χ2n) is 16.3. The van der Waals surface area contributed by atoms with E-state index >= 15 is 0 Å². The SMILES string of the molecule is C/C=C/C=C(\C=C/N)c1ccccn1.C=C/C=C(\C=C(/C)C(=C)/C=C\C=C/CNc1ccccc1)c1ccc2c(c1)c1ccccc1n2-c1ccc(C/C=C/C=C/C=C(\C=C/N)C(/N)=C/C=C\C)cc1.C=CC. The highest BCUT2D eigenvalue weighted by molar-refractivity contribution is 6.10. The smallest absolute Gasteiger partial charge is 0.0702 e. The molecule has 6 rings (SSSR count). The van der Waals surface area contributed by atoms with Crippen molar-refractivity contribution in [2.75, 3.05) is 11.9 Å². The Balaban J connectivity index is 0.000000577. The van der Waals surface area contributed by atoms with Gasteiger partial charge in [0.1, 0.15) is 0 Å². The van der Waals surface area contributed by atoms with Crippen LogP contribution in [0.15, 0.2) is 304 Å². The predicted molar refractivity (Wildman–Crippen MR) is 322 cm³/mol. The molecule has 0 amide bonds. The lowest BCUT2D eigenvalue weighted by molar-refractivity contribution is 1.16. The minimum atomic E-state index is 0.655. The van der Waals surface area contributed by atoms with Crippen LogP contribution < -0.4 is 22.5 Å². The largest absolute Gasteiger partial charge is 0.405 e. The Labute approximate surface area is 435 Å². The number of nitrogens with one attached hydrogen (secondary N) is 1. The fraction of sp³-hybridized carbons (Fsp3) is 0.0896. The van der Waals surface area contributed by atoms with E-state index in [1.54, 1.807) is 18.3 Å². The van der Waals surface area contributed by atoms with Crippen LogP contribution >= 0.6 is 0 Å². The number of allylic oxidation sites excluding steroid dienone is 24. The number of pyridine rings is 1. The van der Waals surface area contributed by atoms with E-state index in [9.17, 15) is 0 Å². The molecule has 0 bridgehead atoms. The Morgan fingerprint density at radius 2 is 1.33 bits per heavy atom. The lowest BCUT2D eigenvalue weighted by atomic mass is 9.98. The quantitative estimate of drug-likeness (QED) is 0.0450. The molecule has 0 fully saturated rings. The van der Waals surface area contributed by atoms with E-state index in [2.05, 4.69) is 145 Å². The van der Waals surface area contributed by atoms with Crippen LogP contribution in [0, 0.1) is 0 Å². The van der Waals surface area contributed by atoms with Crippen molar-refractivity contribution >= 4 is 38.6 Å². The number of anilines is 1. The summed E-state index contributed by atoms with van der Waals surface area (Å²) in [7, 11) is 0. The zero-order chi connectivity index (χ0) is 52.5. The van der Waals surface area contributed by atoms with Gasteiger partial charge in [-0.3, -0.25) is 4.98 Å². The van der Waals surface area contributed by atoms with Crippen LogP contribution in [0.4, 0.5) is 5.69 Å². The molecule has 2 heterocycles. The van der Waals surface area contributed by atoms with Gasteiger partial charge in [0.25, 0.3) is 0 Å². The van der Waals surface area contributed by atoms with Crippen LogP contribution in [-0.2, 0) is 6.42 Å². The van der Waals surface area contributed by atoms with Gasteiger partial charge in [-0.05, 0) is 153 Å². The summed E-state index contributed by atoms with van der Waals surface area (Å²) in [5, 5.41) is 5.79. The standard InChI is InChI=1S/C52H52N4.C12H14N2.C3H6/c1-5-7-27-50(54)43(35-36-53)23-14-9-8-13-22-42-29-32-47(33-30-42)56-51-28-18-17-26-48(51)49-39-45(31-34-52(49)56)44(20-6-2)38-41(4)40(3)21-12-11-19-37-55-46-24-15-10-16-25-46;1-2-3-6-11(8-9-13)12-7-4-5-10-14-12;1-3-2/h5-21,23-36,38-39,55H,2-3,22,37,53-54H2,1,4H3;2-10H,13H2,1H3;3H,1H2,2H3/b7-5-,13-8+,14-9+,19-11-,21-12-,36-35-,41-38+,43-23+,44-20+,50-27-;3-2+,9-8-,11-6+;. The highest BCUT2D eigenvalue weighted by Crippen LogP contribution is 2.34. The average molecular weight is 961 g/mol. The van der Waals surface area contributed by atoms with E-state index in [0.29, 0.717) is 5.70 Å².